The first kappa shape index (κ1) is 23.3. The monoisotopic (exact) mass is 473 g/mol. The molecule has 5 rings (SSSR count). The number of benzene rings is 3. The lowest BCUT2D eigenvalue weighted by Crippen LogP contribution is -2.45. The van der Waals surface area contributed by atoms with Gasteiger partial charge in [-0.3, -0.25) is 4.90 Å². The average Bonchev–Trinajstić information content (AvgIpc) is 2.86. The molecule has 2 heterocycles. The molecule has 2 unspecified atom stereocenters. The van der Waals surface area contributed by atoms with E-state index in [1.54, 1.807) is 30.3 Å². The molecule has 2 aliphatic rings. The quantitative estimate of drug-likeness (QED) is 0.509. The van der Waals surface area contributed by atoms with Crippen LogP contribution < -0.4 is 9.47 Å². The predicted molar refractivity (Wildman–Crippen MR) is 136 cm³/mol. The van der Waals surface area contributed by atoms with Gasteiger partial charge in [-0.25, -0.2) is 0 Å². The number of ether oxygens (including phenoxy) is 3. The minimum Gasteiger partial charge on any atom is -0.508 e. The van der Waals surface area contributed by atoms with Crippen molar-refractivity contribution in [2.24, 2.45) is 0 Å². The van der Waals surface area contributed by atoms with E-state index in [0.717, 1.165) is 59.9 Å². The second-order valence-electron chi connectivity index (χ2n) is 9.14. The fraction of sp³-hybridized carbons (Fsp3) is 0.310. The van der Waals surface area contributed by atoms with Gasteiger partial charge < -0.3 is 24.4 Å². The van der Waals surface area contributed by atoms with Gasteiger partial charge in [-0.15, -0.1) is 0 Å². The summed E-state index contributed by atoms with van der Waals surface area (Å²) in [7, 11) is 0. The van der Waals surface area contributed by atoms with E-state index in [2.05, 4.69) is 11.8 Å². The Hall–Kier alpha value is -3.48. The van der Waals surface area contributed by atoms with Gasteiger partial charge in [-0.2, -0.15) is 0 Å². The number of hydrogen-bond acceptors (Lipinski definition) is 6. The van der Waals surface area contributed by atoms with Crippen LogP contribution in [0.3, 0.4) is 0 Å². The maximum Gasteiger partial charge on any atom is 0.150 e. The zero-order valence-corrected chi connectivity index (χ0v) is 20.1. The van der Waals surface area contributed by atoms with Gasteiger partial charge in [0.05, 0.1) is 13.2 Å². The first-order chi connectivity index (χ1) is 17.0. The number of phenols is 2. The van der Waals surface area contributed by atoms with Crippen LogP contribution in [0.2, 0.25) is 0 Å². The summed E-state index contributed by atoms with van der Waals surface area (Å²) in [6.45, 7) is 8.17. The Balaban J connectivity index is 1.38. The fourth-order valence-corrected chi connectivity index (χ4v) is 4.83. The molecular formula is C29H31NO5. The molecule has 0 aliphatic carbocycles. The molecule has 1 fully saturated rings. The van der Waals surface area contributed by atoms with Crippen molar-refractivity contribution >= 4 is 11.1 Å². The number of fused-ring (bicyclic) bond motifs is 1. The third-order valence-electron chi connectivity index (χ3n) is 6.77. The van der Waals surface area contributed by atoms with E-state index in [1.807, 2.05) is 43.3 Å². The minimum absolute atomic E-state index is 0.188. The molecule has 2 aliphatic heterocycles. The zero-order valence-electron chi connectivity index (χ0n) is 20.1. The highest BCUT2D eigenvalue weighted by molar-refractivity contribution is 5.95. The molecule has 2 N–H and O–H groups in total. The molecule has 0 aromatic heterocycles. The molecule has 2 atom stereocenters. The van der Waals surface area contributed by atoms with E-state index >= 15 is 0 Å². The van der Waals surface area contributed by atoms with Crippen LogP contribution in [0.5, 0.6) is 23.0 Å². The molecule has 3 aromatic carbocycles. The van der Waals surface area contributed by atoms with Gasteiger partial charge in [-0.1, -0.05) is 24.3 Å². The highest BCUT2D eigenvalue weighted by Gasteiger charge is 2.29. The molecule has 0 amide bonds. The van der Waals surface area contributed by atoms with Crippen molar-refractivity contribution in [2.75, 3.05) is 32.9 Å². The van der Waals surface area contributed by atoms with Crippen LogP contribution in [-0.4, -0.2) is 54.1 Å². The van der Waals surface area contributed by atoms with Gasteiger partial charge in [0, 0.05) is 30.3 Å². The van der Waals surface area contributed by atoms with Gasteiger partial charge in [0.25, 0.3) is 0 Å². The third-order valence-corrected chi connectivity index (χ3v) is 6.77. The molecular weight excluding hydrogens is 442 g/mol. The third kappa shape index (κ3) is 4.99. The lowest BCUT2D eigenvalue weighted by Gasteiger charge is -2.33. The fourth-order valence-electron chi connectivity index (χ4n) is 4.83. The molecule has 0 radical (unpaired) electrons. The van der Waals surface area contributed by atoms with Crippen molar-refractivity contribution in [3.05, 3.63) is 83.4 Å². The number of phenolic OH excluding ortho intramolecular Hbond substituents is 2. The summed E-state index contributed by atoms with van der Waals surface area (Å²) in [5, 5.41) is 20.2. The van der Waals surface area contributed by atoms with Crippen LogP contribution in [-0.2, 0) is 4.74 Å². The van der Waals surface area contributed by atoms with Crippen LogP contribution >= 0.6 is 0 Å². The Bertz CT molecular complexity index is 1220. The van der Waals surface area contributed by atoms with Gasteiger partial charge in [0.1, 0.15) is 35.7 Å². The lowest BCUT2D eigenvalue weighted by atomic mass is 9.86. The maximum absolute atomic E-state index is 10.1. The van der Waals surface area contributed by atoms with E-state index in [1.165, 1.54) is 0 Å². The topological polar surface area (TPSA) is 71.4 Å². The van der Waals surface area contributed by atoms with Crippen molar-refractivity contribution in [1.82, 2.24) is 4.90 Å². The summed E-state index contributed by atoms with van der Waals surface area (Å²) in [6.07, 6.45) is -0.364. The summed E-state index contributed by atoms with van der Waals surface area (Å²) in [5.41, 5.74) is 4.65. The highest BCUT2D eigenvalue weighted by Crippen LogP contribution is 2.47. The minimum atomic E-state index is -0.364. The smallest absolute Gasteiger partial charge is 0.150 e. The zero-order chi connectivity index (χ0) is 24.4. The van der Waals surface area contributed by atoms with Crippen molar-refractivity contribution in [3.8, 4) is 23.0 Å². The van der Waals surface area contributed by atoms with E-state index in [0.29, 0.717) is 18.4 Å². The SMILES string of the molecule is CC1=C(c2cccc(O)c2)C(c2ccc(OCCN3CCOCC3C)cc2)Oc2ccc(O)cc21. The molecule has 1 saturated heterocycles. The van der Waals surface area contributed by atoms with Crippen molar-refractivity contribution in [1.29, 1.82) is 0 Å². The normalized spacial score (nSPS) is 20.3. The molecule has 6 nitrogen and oxygen atoms in total. The number of allylic oxidation sites excluding steroid dienone is 1. The Labute approximate surface area is 206 Å². The van der Waals surface area contributed by atoms with E-state index in [4.69, 9.17) is 14.2 Å². The molecule has 182 valence electrons. The summed E-state index contributed by atoms with van der Waals surface area (Å²) in [4.78, 5) is 2.39. The van der Waals surface area contributed by atoms with E-state index < -0.39 is 0 Å². The Morgan fingerprint density at radius 3 is 2.57 bits per heavy atom. The Morgan fingerprint density at radius 1 is 1.00 bits per heavy atom. The van der Waals surface area contributed by atoms with Crippen LogP contribution in [0.25, 0.3) is 11.1 Å². The molecule has 0 bridgehead atoms. The van der Waals surface area contributed by atoms with E-state index in [9.17, 15) is 10.2 Å². The van der Waals surface area contributed by atoms with Crippen LogP contribution in [0.4, 0.5) is 0 Å². The number of rotatable bonds is 6. The number of aromatic hydroxyl groups is 2. The summed E-state index contributed by atoms with van der Waals surface area (Å²) in [5.74, 6) is 1.92. The first-order valence-corrected chi connectivity index (χ1v) is 12.0. The van der Waals surface area contributed by atoms with Gasteiger partial charge >= 0.3 is 0 Å². The largest absolute Gasteiger partial charge is 0.508 e. The molecule has 6 heteroatoms. The van der Waals surface area contributed by atoms with Gasteiger partial charge in [0.2, 0.25) is 0 Å². The Morgan fingerprint density at radius 2 is 1.80 bits per heavy atom. The molecule has 3 aromatic rings. The number of morpholine rings is 1. The lowest BCUT2D eigenvalue weighted by molar-refractivity contribution is -0.00514. The number of hydrogen-bond donors (Lipinski definition) is 2. The van der Waals surface area contributed by atoms with E-state index in [-0.39, 0.29) is 17.6 Å². The van der Waals surface area contributed by atoms with Crippen molar-refractivity contribution in [2.45, 2.75) is 26.0 Å². The van der Waals surface area contributed by atoms with Gasteiger partial charge in [-0.05, 0) is 73.0 Å². The maximum atomic E-state index is 10.1. The molecule has 35 heavy (non-hydrogen) atoms. The second-order valence-corrected chi connectivity index (χ2v) is 9.14. The summed E-state index contributed by atoms with van der Waals surface area (Å²) in [6, 6.07) is 20.8. The van der Waals surface area contributed by atoms with Crippen LogP contribution in [0, 0.1) is 0 Å². The first-order valence-electron chi connectivity index (χ1n) is 12.0. The van der Waals surface area contributed by atoms with Crippen LogP contribution in [0.1, 0.15) is 36.6 Å². The number of nitrogens with zero attached hydrogens (tertiary/aromatic N) is 1. The average molecular weight is 474 g/mol. The highest BCUT2D eigenvalue weighted by atomic mass is 16.5. The summed E-state index contributed by atoms with van der Waals surface area (Å²) >= 11 is 0. The summed E-state index contributed by atoms with van der Waals surface area (Å²) < 4.78 is 18.0. The Kier molecular flexibility index (Phi) is 6.66. The molecule has 0 saturated carbocycles. The van der Waals surface area contributed by atoms with Crippen molar-refractivity contribution in [3.63, 3.8) is 0 Å². The standard InChI is InChI=1S/C29H31NO5/c1-19-18-33-14-12-30(19)13-15-34-25-9-6-21(7-10-25)29-28(22-4-3-5-23(31)16-22)20(2)26-17-24(32)8-11-27(26)35-29/h3-11,16-17,19,29,31-32H,12-15,18H2,1-2H3. The van der Waals surface area contributed by atoms with Gasteiger partial charge in [0.15, 0.2) is 0 Å². The van der Waals surface area contributed by atoms with Crippen LogP contribution in [0.15, 0.2) is 66.7 Å². The van der Waals surface area contributed by atoms with Crippen molar-refractivity contribution < 1.29 is 24.4 Å². The predicted octanol–water partition coefficient (Wildman–Crippen LogP) is 5.26. The second kappa shape index (κ2) is 10.0. The molecule has 0 spiro atoms.